The van der Waals surface area contributed by atoms with E-state index in [4.69, 9.17) is 26.8 Å². The van der Waals surface area contributed by atoms with E-state index < -0.39 is 41.6 Å². The third-order valence-corrected chi connectivity index (χ3v) is 5.63. The first-order valence-electron chi connectivity index (χ1n) is 9.08. The van der Waals surface area contributed by atoms with Gasteiger partial charge >= 0.3 is 0 Å². The van der Waals surface area contributed by atoms with Gasteiger partial charge in [-0.2, -0.15) is 0 Å². The smallest absolute Gasteiger partial charge is 0.283 e. The number of ketones is 1. The van der Waals surface area contributed by atoms with Gasteiger partial charge in [0.25, 0.3) is 12.4 Å². The van der Waals surface area contributed by atoms with E-state index in [1.54, 1.807) is 0 Å². The number of ether oxygens (including phenoxy) is 2. The number of amidine groups is 1. The Hall–Kier alpha value is -2.81. The quantitative estimate of drug-likeness (QED) is 0.696. The number of aliphatic imine (C=N–C) groups is 1. The second kappa shape index (κ2) is 7.46. The highest BCUT2D eigenvalue weighted by atomic mass is 35.5. The molecule has 0 saturated heterocycles. The van der Waals surface area contributed by atoms with Crippen LogP contribution in [0.3, 0.4) is 0 Å². The lowest BCUT2D eigenvalue weighted by atomic mass is 9.83. The molecule has 4 rings (SSSR count). The largest absolute Gasteiger partial charge is 0.495 e. The van der Waals surface area contributed by atoms with Gasteiger partial charge in [0.15, 0.2) is 11.3 Å². The number of aromatic nitrogens is 1. The number of pyridine rings is 1. The van der Waals surface area contributed by atoms with Crippen molar-refractivity contribution in [2.75, 3.05) is 7.11 Å². The second-order valence-corrected chi connectivity index (χ2v) is 7.60. The summed E-state index contributed by atoms with van der Waals surface area (Å²) in [7, 11) is 1.43. The lowest BCUT2D eigenvalue weighted by Gasteiger charge is -2.33. The Bertz CT molecular complexity index is 1050. The van der Waals surface area contributed by atoms with Crippen LogP contribution >= 0.6 is 11.6 Å². The molecule has 1 aliphatic carbocycles. The first-order chi connectivity index (χ1) is 14.3. The van der Waals surface area contributed by atoms with E-state index in [2.05, 4.69) is 9.98 Å². The number of hydrogen-bond acceptors (Lipinski definition) is 6. The van der Waals surface area contributed by atoms with E-state index in [0.29, 0.717) is 17.7 Å². The molecule has 2 aromatic rings. The first-order valence-corrected chi connectivity index (χ1v) is 9.45. The van der Waals surface area contributed by atoms with E-state index in [1.807, 2.05) is 0 Å². The maximum atomic E-state index is 14.7. The number of methoxy groups -OCH3 is 1. The van der Waals surface area contributed by atoms with Crippen molar-refractivity contribution in [2.24, 2.45) is 16.6 Å². The lowest BCUT2D eigenvalue weighted by Crippen LogP contribution is -2.43. The fraction of sp³-hybridized carbons (Fsp3) is 0.350. The normalized spacial score (nSPS) is 24.7. The maximum absolute atomic E-state index is 14.7. The van der Waals surface area contributed by atoms with Gasteiger partial charge in [0.1, 0.15) is 23.4 Å². The number of nitrogens with two attached hydrogens (primary N) is 1. The van der Waals surface area contributed by atoms with Crippen LogP contribution in [-0.4, -0.2) is 36.4 Å². The molecule has 2 N–H and O–H groups in total. The Morgan fingerprint density at radius 3 is 2.87 bits per heavy atom. The third kappa shape index (κ3) is 3.36. The first kappa shape index (κ1) is 20.5. The summed E-state index contributed by atoms with van der Waals surface area (Å²) in [5, 5.41) is 0.0911. The zero-order valence-electron chi connectivity index (χ0n) is 15.7. The third-order valence-electron chi connectivity index (χ3n) is 5.34. The maximum Gasteiger partial charge on any atom is 0.283 e. The minimum absolute atomic E-state index is 0.00232. The van der Waals surface area contributed by atoms with Crippen molar-refractivity contribution in [3.63, 3.8) is 0 Å². The molecule has 1 aliphatic heterocycles. The van der Waals surface area contributed by atoms with Crippen molar-refractivity contribution in [1.82, 2.24) is 4.98 Å². The number of halogens is 4. The number of carbonyl (C=O) groups excluding carboxylic acids is 1. The topological polar surface area (TPSA) is 86.8 Å². The molecule has 1 aromatic heterocycles. The summed E-state index contributed by atoms with van der Waals surface area (Å²) in [6.45, 7) is 0. The van der Waals surface area contributed by atoms with Gasteiger partial charge in [0.05, 0.1) is 18.3 Å². The van der Waals surface area contributed by atoms with E-state index in [0.717, 1.165) is 6.07 Å². The molecule has 0 spiro atoms. The predicted octanol–water partition coefficient (Wildman–Crippen LogP) is 3.50. The standard InChI is InChI=1S/C20H17ClF3N3O3/c1-29-10-6-13(21)17(26-8-10)15(28)5-9-2-3-14(22)11(4-9)20(18(23)24)12-7-16(12)30-19(25)27-20/h2-4,6,8,12,16,18H,5,7H2,1H3,(H2,25,27)/t12-,16+,20+/m0/s1. The summed E-state index contributed by atoms with van der Waals surface area (Å²) < 4.78 is 53.2. The van der Waals surface area contributed by atoms with Crippen molar-refractivity contribution in [1.29, 1.82) is 0 Å². The van der Waals surface area contributed by atoms with Crippen molar-refractivity contribution in [2.45, 2.75) is 30.9 Å². The van der Waals surface area contributed by atoms with Crippen molar-refractivity contribution in [3.05, 3.63) is 58.1 Å². The molecule has 158 valence electrons. The number of fused-ring (bicyclic) bond motifs is 1. The molecule has 0 amide bonds. The zero-order valence-corrected chi connectivity index (χ0v) is 16.5. The molecular weight excluding hydrogens is 423 g/mol. The Morgan fingerprint density at radius 2 is 2.20 bits per heavy atom. The zero-order chi connectivity index (χ0) is 21.6. The van der Waals surface area contributed by atoms with Crippen LogP contribution in [0.2, 0.25) is 5.02 Å². The van der Waals surface area contributed by atoms with Gasteiger partial charge in [-0.25, -0.2) is 23.1 Å². The van der Waals surface area contributed by atoms with E-state index >= 15 is 0 Å². The molecule has 2 heterocycles. The number of nitrogens with zero attached hydrogens (tertiary/aromatic N) is 2. The molecule has 1 aromatic carbocycles. The molecule has 10 heteroatoms. The Labute approximate surface area is 174 Å². The van der Waals surface area contributed by atoms with Gasteiger partial charge in [-0.1, -0.05) is 17.7 Å². The van der Waals surface area contributed by atoms with Crippen molar-refractivity contribution >= 4 is 23.4 Å². The highest BCUT2D eigenvalue weighted by molar-refractivity contribution is 6.33. The molecule has 3 atom stereocenters. The van der Waals surface area contributed by atoms with Gasteiger partial charge in [-0.05, 0) is 24.1 Å². The van der Waals surface area contributed by atoms with Gasteiger partial charge in [-0.3, -0.25) is 4.79 Å². The highest BCUT2D eigenvalue weighted by Crippen LogP contribution is 2.56. The summed E-state index contributed by atoms with van der Waals surface area (Å²) in [6.07, 6.45) is -2.11. The summed E-state index contributed by atoms with van der Waals surface area (Å²) in [5.74, 6) is -1.61. The van der Waals surface area contributed by atoms with E-state index in [-0.39, 0.29) is 22.7 Å². The number of carbonyl (C=O) groups is 1. The number of Topliss-reactive ketones (excluding diaryl/α,β-unsaturated/α-hetero) is 1. The fourth-order valence-electron chi connectivity index (χ4n) is 3.80. The summed E-state index contributed by atoms with van der Waals surface area (Å²) in [5.41, 5.74) is 3.44. The van der Waals surface area contributed by atoms with Gasteiger partial charge in [-0.15, -0.1) is 0 Å². The van der Waals surface area contributed by atoms with Crippen molar-refractivity contribution < 1.29 is 27.4 Å². The number of benzene rings is 1. The van der Waals surface area contributed by atoms with Crippen LogP contribution in [0, 0.1) is 11.7 Å². The highest BCUT2D eigenvalue weighted by Gasteiger charge is 2.64. The Kier molecular flexibility index (Phi) is 5.09. The van der Waals surface area contributed by atoms with Crippen molar-refractivity contribution in [3.8, 4) is 5.75 Å². The average Bonchev–Trinajstić information content (AvgIpc) is 3.48. The number of hydrogen-bond donors (Lipinski definition) is 1. The molecule has 0 unspecified atom stereocenters. The summed E-state index contributed by atoms with van der Waals surface area (Å²) in [6, 6.07) is 4.67. The Morgan fingerprint density at radius 1 is 1.43 bits per heavy atom. The van der Waals surface area contributed by atoms with Gasteiger partial charge < -0.3 is 15.2 Å². The van der Waals surface area contributed by atoms with Gasteiger partial charge in [0, 0.05) is 24.0 Å². The number of alkyl halides is 2. The molecule has 0 radical (unpaired) electrons. The molecule has 2 aliphatic rings. The average molecular weight is 440 g/mol. The van der Waals surface area contributed by atoms with Crippen LogP contribution in [0.5, 0.6) is 5.75 Å². The molecule has 1 fully saturated rings. The summed E-state index contributed by atoms with van der Waals surface area (Å²) in [4.78, 5) is 20.5. The molecule has 0 bridgehead atoms. The molecule has 1 saturated carbocycles. The van der Waals surface area contributed by atoms with Crippen LogP contribution in [0.1, 0.15) is 28.0 Å². The van der Waals surface area contributed by atoms with Gasteiger partial charge in [0.2, 0.25) is 0 Å². The molecule has 6 nitrogen and oxygen atoms in total. The minimum Gasteiger partial charge on any atom is -0.495 e. The predicted molar refractivity (Wildman–Crippen MR) is 103 cm³/mol. The molecule has 30 heavy (non-hydrogen) atoms. The van der Waals surface area contributed by atoms with E-state index in [9.17, 15) is 18.0 Å². The van der Waals surface area contributed by atoms with E-state index in [1.165, 1.54) is 31.5 Å². The summed E-state index contributed by atoms with van der Waals surface area (Å²) >= 11 is 6.08. The SMILES string of the molecule is COc1cnc(C(=O)Cc2ccc(F)c([C@@]3(C(F)F)N=C(N)O[C@@H]4C[C@@H]43)c2)c(Cl)c1. The minimum atomic E-state index is -3.01. The Balaban J connectivity index is 1.69. The second-order valence-electron chi connectivity index (χ2n) is 7.19. The van der Waals surface area contributed by atoms with Crippen LogP contribution in [0.15, 0.2) is 35.5 Å². The number of rotatable bonds is 6. The lowest BCUT2D eigenvalue weighted by molar-refractivity contribution is 0.0176. The fourth-order valence-corrected chi connectivity index (χ4v) is 4.06. The van der Waals surface area contributed by atoms with Crippen LogP contribution in [-0.2, 0) is 16.7 Å². The van der Waals surface area contributed by atoms with Crippen LogP contribution in [0.4, 0.5) is 13.2 Å². The van der Waals surface area contributed by atoms with Crippen LogP contribution in [0.25, 0.3) is 0 Å². The monoisotopic (exact) mass is 439 g/mol. The van der Waals surface area contributed by atoms with Crippen LogP contribution < -0.4 is 10.5 Å². The molecular formula is C20H17ClF3N3O3.